The maximum Gasteiger partial charge on any atom is 0.412 e. The molecule has 4 rings (SSSR count). The van der Waals surface area contributed by atoms with Crippen molar-refractivity contribution in [3.8, 4) is 5.75 Å². The van der Waals surface area contributed by atoms with E-state index in [1.54, 1.807) is 54.2 Å². The largest absolute Gasteiger partial charge is 0.507 e. The Hall–Kier alpha value is -4.43. The van der Waals surface area contributed by atoms with Gasteiger partial charge in [-0.3, -0.25) is 10.1 Å². The van der Waals surface area contributed by atoms with Crippen LogP contribution >= 0.6 is 11.8 Å². The Balaban J connectivity index is 1.48. The third-order valence-electron chi connectivity index (χ3n) is 6.61. The van der Waals surface area contributed by atoms with E-state index in [0.717, 1.165) is 15.8 Å². The molecule has 0 unspecified atom stereocenters. The summed E-state index contributed by atoms with van der Waals surface area (Å²) in [6.07, 6.45) is 5.34. The number of benzene rings is 4. The van der Waals surface area contributed by atoms with Gasteiger partial charge in [0.2, 0.25) is 5.91 Å². The predicted octanol–water partition coefficient (Wildman–Crippen LogP) is 7.75. The minimum Gasteiger partial charge on any atom is -0.507 e. The molecule has 0 aliphatic rings. The van der Waals surface area contributed by atoms with Gasteiger partial charge in [-0.05, 0) is 78.9 Å². The molecule has 40 heavy (non-hydrogen) atoms. The van der Waals surface area contributed by atoms with E-state index in [2.05, 4.69) is 10.6 Å². The molecule has 5 N–H and O–H groups in total. The van der Waals surface area contributed by atoms with E-state index < -0.39 is 12.2 Å². The van der Waals surface area contributed by atoms with Gasteiger partial charge in [0, 0.05) is 21.5 Å². The van der Waals surface area contributed by atoms with E-state index in [4.69, 9.17) is 10.5 Å². The molecule has 7 nitrogen and oxygen atoms in total. The number of hydrogen-bond donors (Lipinski definition) is 4. The van der Waals surface area contributed by atoms with E-state index in [0.29, 0.717) is 35.3 Å². The van der Waals surface area contributed by atoms with Crippen LogP contribution in [0.4, 0.5) is 21.9 Å². The van der Waals surface area contributed by atoms with Gasteiger partial charge in [0.1, 0.15) is 11.9 Å². The van der Waals surface area contributed by atoms with Gasteiger partial charge in [-0.2, -0.15) is 0 Å². The van der Waals surface area contributed by atoms with Gasteiger partial charge in [-0.25, -0.2) is 4.79 Å². The molecule has 0 spiro atoms. The van der Waals surface area contributed by atoms with Gasteiger partial charge in [-0.15, -0.1) is 11.8 Å². The number of carbonyl (C=O) groups excluding carboxylic acids is 2. The quantitative estimate of drug-likeness (QED) is 0.0904. The number of hydrogen-bond acceptors (Lipinski definition) is 6. The number of nitrogen functional groups attached to an aromatic ring is 1. The van der Waals surface area contributed by atoms with Gasteiger partial charge in [0.05, 0.1) is 11.4 Å². The standard InChI is InChI=1S/C32H33N3O4S/c1-21(9-3-8-14-30(37)35-28-13-7-6-12-27(28)33)31(26-19-20-29(36)25-11-5-4-10-24(25)26)39-32(38)34-22-15-17-23(40-2)18-16-22/h4-8,10-21,31,36H,3,9,33H2,1-2H3,(H,34,38)(H,35,37)/b14-8+/t21-,31+/m0/s1. The number of rotatable bonds is 10. The normalized spacial score (nSPS) is 12.7. The highest BCUT2D eigenvalue weighted by Crippen LogP contribution is 2.37. The highest BCUT2D eigenvalue weighted by atomic mass is 32.2. The zero-order chi connectivity index (χ0) is 28.5. The van der Waals surface area contributed by atoms with Crippen LogP contribution in [0.3, 0.4) is 0 Å². The van der Waals surface area contributed by atoms with E-state index >= 15 is 0 Å². The first-order valence-corrected chi connectivity index (χ1v) is 14.2. The molecule has 8 heteroatoms. The first-order chi connectivity index (χ1) is 19.4. The van der Waals surface area contributed by atoms with Crippen molar-refractivity contribution in [2.24, 2.45) is 5.92 Å². The molecule has 2 amide bonds. The fourth-order valence-electron chi connectivity index (χ4n) is 4.46. The van der Waals surface area contributed by atoms with Crippen molar-refractivity contribution >= 4 is 51.6 Å². The molecular weight excluding hydrogens is 522 g/mol. The Kier molecular flexibility index (Phi) is 9.70. The molecule has 0 aliphatic heterocycles. The van der Waals surface area contributed by atoms with E-state index in [9.17, 15) is 14.7 Å². The number of nitrogens with two attached hydrogens (primary N) is 1. The Morgan fingerprint density at radius 1 is 0.950 bits per heavy atom. The number of fused-ring (bicyclic) bond motifs is 1. The number of ether oxygens (including phenoxy) is 1. The lowest BCUT2D eigenvalue weighted by Crippen LogP contribution is -2.22. The summed E-state index contributed by atoms with van der Waals surface area (Å²) in [5.74, 6) is -0.207. The Bertz CT molecular complexity index is 1500. The maximum absolute atomic E-state index is 13.0. The topological polar surface area (TPSA) is 114 Å². The molecule has 4 aromatic rings. The lowest BCUT2D eigenvalue weighted by atomic mass is 9.89. The fraction of sp³-hybridized carbons (Fsp3) is 0.188. The van der Waals surface area contributed by atoms with Gasteiger partial charge in [0.15, 0.2) is 0 Å². The zero-order valence-corrected chi connectivity index (χ0v) is 23.3. The van der Waals surface area contributed by atoms with Gasteiger partial charge in [0.25, 0.3) is 0 Å². The summed E-state index contributed by atoms with van der Waals surface area (Å²) in [6.45, 7) is 2.01. The van der Waals surface area contributed by atoms with Gasteiger partial charge >= 0.3 is 6.09 Å². The van der Waals surface area contributed by atoms with Crippen molar-refractivity contribution in [3.05, 3.63) is 103 Å². The Labute approximate surface area is 238 Å². The Morgan fingerprint density at radius 2 is 1.65 bits per heavy atom. The van der Waals surface area contributed by atoms with Crippen LogP contribution in [0.5, 0.6) is 5.75 Å². The maximum atomic E-state index is 13.0. The molecule has 0 aromatic heterocycles. The molecule has 0 heterocycles. The number of amides is 2. The molecular formula is C32H33N3O4S. The number of phenols is 1. The van der Waals surface area contributed by atoms with Crippen LogP contribution in [0.25, 0.3) is 10.8 Å². The SMILES string of the molecule is CSc1ccc(NC(=O)O[C@@H](c2ccc(O)c3ccccc23)[C@@H](C)CC/C=C/C(=O)Nc2ccccc2N)cc1. The van der Waals surface area contributed by atoms with Crippen LogP contribution in [-0.4, -0.2) is 23.4 Å². The Morgan fingerprint density at radius 3 is 2.38 bits per heavy atom. The number of para-hydroxylation sites is 2. The summed E-state index contributed by atoms with van der Waals surface area (Å²) in [4.78, 5) is 26.5. The van der Waals surface area contributed by atoms with Crippen molar-refractivity contribution < 1.29 is 19.4 Å². The van der Waals surface area contributed by atoms with Crippen molar-refractivity contribution in [1.29, 1.82) is 0 Å². The van der Waals surface area contributed by atoms with Crippen LogP contribution in [0.1, 0.15) is 31.4 Å². The molecule has 0 bridgehead atoms. The molecule has 0 saturated heterocycles. The lowest BCUT2D eigenvalue weighted by Gasteiger charge is -2.26. The fourth-order valence-corrected chi connectivity index (χ4v) is 4.87. The number of thioether (sulfide) groups is 1. The number of nitrogens with one attached hydrogen (secondary N) is 2. The lowest BCUT2D eigenvalue weighted by molar-refractivity contribution is -0.111. The summed E-state index contributed by atoms with van der Waals surface area (Å²) in [7, 11) is 0. The number of allylic oxidation sites excluding steroid dienone is 1. The number of anilines is 3. The van der Waals surface area contributed by atoms with Crippen LogP contribution in [0, 0.1) is 5.92 Å². The minimum absolute atomic E-state index is 0.102. The molecule has 0 saturated carbocycles. The van der Waals surface area contributed by atoms with Crippen LogP contribution in [-0.2, 0) is 9.53 Å². The van der Waals surface area contributed by atoms with Crippen molar-refractivity contribution in [2.75, 3.05) is 22.6 Å². The van der Waals surface area contributed by atoms with Crippen LogP contribution in [0.15, 0.2) is 102 Å². The third kappa shape index (κ3) is 7.36. The first kappa shape index (κ1) is 28.6. The molecule has 2 atom stereocenters. The monoisotopic (exact) mass is 555 g/mol. The highest BCUT2D eigenvalue weighted by molar-refractivity contribution is 7.98. The van der Waals surface area contributed by atoms with E-state index in [1.807, 2.05) is 61.7 Å². The molecule has 4 aromatic carbocycles. The van der Waals surface area contributed by atoms with Crippen LogP contribution in [0.2, 0.25) is 0 Å². The smallest absolute Gasteiger partial charge is 0.412 e. The summed E-state index contributed by atoms with van der Waals surface area (Å²) in [6, 6.07) is 25.5. The van der Waals surface area contributed by atoms with E-state index in [-0.39, 0.29) is 17.6 Å². The summed E-state index contributed by atoms with van der Waals surface area (Å²) < 4.78 is 6.02. The van der Waals surface area contributed by atoms with E-state index in [1.165, 1.54) is 6.08 Å². The van der Waals surface area contributed by atoms with Gasteiger partial charge < -0.3 is 20.9 Å². The average molecular weight is 556 g/mol. The second kappa shape index (κ2) is 13.6. The van der Waals surface area contributed by atoms with Gasteiger partial charge in [-0.1, -0.05) is 55.5 Å². The molecule has 0 aliphatic carbocycles. The minimum atomic E-state index is -0.595. The van der Waals surface area contributed by atoms with Crippen molar-refractivity contribution in [3.63, 3.8) is 0 Å². The number of aromatic hydroxyl groups is 1. The summed E-state index contributed by atoms with van der Waals surface area (Å²) in [5, 5.41) is 17.5. The van der Waals surface area contributed by atoms with Crippen molar-refractivity contribution in [2.45, 2.75) is 30.8 Å². The predicted molar refractivity (Wildman–Crippen MR) is 164 cm³/mol. The second-order valence-corrected chi connectivity index (χ2v) is 10.3. The molecule has 0 fully saturated rings. The molecule has 0 radical (unpaired) electrons. The highest BCUT2D eigenvalue weighted by Gasteiger charge is 2.26. The third-order valence-corrected chi connectivity index (χ3v) is 7.35. The second-order valence-electron chi connectivity index (χ2n) is 9.43. The summed E-state index contributed by atoms with van der Waals surface area (Å²) in [5.41, 5.74) is 8.40. The number of carbonyl (C=O) groups is 2. The zero-order valence-electron chi connectivity index (χ0n) is 22.5. The molecule has 206 valence electrons. The first-order valence-electron chi connectivity index (χ1n) is 13.0. The summed E-state index contributed by atoms with van der Waals surface area (Å²) >= 11 is 1.62. The average Bonchev–Trinajstić information content (AvgIpc) is 2.96. The van der Waals surface area contributed by atoms with Crippen molar-refractivity contribution in [1.82, 2.24) is 0 Å². The number of phenolic OH excluding ortho intramolecular Hbond substituents is 1. The van der Waals surface area contributed by atoms with Crippen LogP contribution < -0.4 is 16.4 Å².